The molecule has 1 aromatic carbocycles. The number of fused-ring (bicyclic) bond motifs is 1. The number of amides is 5. The fraction of sp³-hybridized carbons (Fsp3) is 0.333. The summed E-state index contributed by atoms with van der Waals surface area (Å²) in [5, 5.41) is 2.86. The van der Waals surface area contributed by atoms with Gasteiger partial charge in [-0.15, -0.1) is 0 Å². The SMILES string of the molecule is CN1C=C(C(=O)N2CCN(C(=O)c3ccco3)CC2)C2NC(=O)N(Cc3ccccc3)C(=O)C21. The fourth-order valence-electron chi connectivity index (χ4n) is 4.68. The average molecular weight is 463 g/mol. The molecule has 0 aliphatic carbocycles. The van der Waals surface area contributed by atoms with Gasteiger partial charge in [0, 0.05) is 39.4 Å². The van der Waals surface area contributed by atoms with Gasteiger partial charge in [0.05, 0.1) is 24.4 Å². The lowest BCUT2D eigenvalue weighted by Crippen LogP contribution is -2.65. The monoisotopic (exact) mass is 463 g/mol. The summed E-state index contributed by atoms with van der Waals surface area (Å²) in [6.07, 6.45) is 3.09. The summed E-state index contributed by atoms with van der Waals surface area (Å²) in [6, 6.07) is 10.7. The maximum absolute atomic E-state index is 13.3. The number of rotatable bonds is 4. The van der Waals surface area contributed by atoms with Crippen molar-refractivity contribution in [2.75, 3.05) is 33.2 Å². The zero-order chi connectivity index (χ0) is 23.8. The van der Waals surface area contributed by atoms with Crippen LogP contribution < -0.4 is 5.32 Å². The number of benzene rings is 1. The molecule has 0 spiro atoms. The molecule has 0 saturated carbocycles. The van der Waals surface area contributed by atoms with Gasteiger partial charge < -0.3 is 24.4 Å². The van der Waals surface area contributed by atoms with E-state index in [0.29, 0.717) is 31.8 Å². The van der Waals surface area contributed by atoms with Crippen LogP contribution in [0.1, 0.15) is 16.1 Å². The van der Waals surface area contributed by atoms with Crippen molar-refractivity contribution in [3.05, 3.63) is 71.8 Å². The summed E-state index contributed by atoms with van der Waals surface area (Å²) in [6.45, 7) is 1.62. The molecule has 10 heteroatoms. The van der Waals surface area contributed by atoms with Crippen LogP contribution in [0, 0.1) is 0 Å². The number of piperazine rings is 1. The number of carbonyl (C=O) groups is 4. The first-order chi connectivity index (χ1) is 16.4. The van der Waals surface area contributed by atoms with Crippen LogP contribution in [-0.4, -0.2) is 88.7 Å². The summed E-state index contributed by atoms with van der Waals surface area (Å²) in [5.74, 6) is -0.520. The highest BCUT2D eigenvalue weighted by atomic mass is 16.3. The lowest BCUT2D eigenvalue weighted by molar-refractivity contribution is -0.135. The van der Waals surface area contributed by atoms with E-state index in [1.807, 2.05) is 30.3 Å². The Kier molecular flexibility index (Phi) is 5.56. The van der Waals surface area contributed by atoms with E-state index in [1.165, 1.54) is 11.2 Å². The van der Waals surface area contributed by atoms with Crippen molar-refractivity contribution < 1.29 is 23.6 Å². The average Bonchev–Trinajstić information content (AvgIpc) is 3.50. The Bertz CT molecular complexity index is 1140. The normalized spacial score (nSPS) is 22.4. The van der Waals surface area contributed by atoms with Crippen molar-refractivity contribution in [3.63, 3.8) is 0 Å². The van der Waals surface area contributed by atoms with Crippen molar-refractivity contribution in [3.8, 4) is 0 Å². The number of nitrogens with one attached hydrogen (secondary N) is 1. The largest absolute Gasteiger partial charge is 0.459 e. The molecule has 4 heterocycles. The Morgan fingerprint density at radius 1 is 0.971 bits per heavy atom. The van der Waals surface area contributed by atoms with E-state index >= 15 is 0 Å². The Hall–Kier alpha value is -4.08. The van der Waals surface area contributed by atoms with Gasteiger partial charge in [0.1, 0.15) is 6.04 Å². The first-order valence-electron chi connectivity index (χ1n) is 11.2. The number of likely N-dealkylation sites (N-methyl/N-ethyl adjacent to an activating group) is 1. The molecule has 1 aromatic heterocycles. The third kappa shape index (κ3) is 3.81. The van der Waals surface area contributed by atoms with Gasteiger partial charge in [0.2, 0.25) is 0 Å². The first kappa shape index (κ1) is 21.7. The first-order valence-corrected chi connectivity index (χ1v) is 11.2. The Balaban J connectivity index is 1.25. The third-order valence-electron chi connectivity index (χ3n) is 6.49. The number of hydrogen-bond donors (Lipinski definition) is 1. The van der Waals surface area contributed by atoms with Gasteiger partial charge in [-0.3, -0.25) is 19.3 Å². The number of urea groups is 1. The van der Waals surface area contributed by atoms with Crippen LogP contribution in [0.25, 0.3) is 0 Å². The molecule has 5 amide bonds. The van der Waals surface area contributed by atoms with Crippen LogP contribution in [0.15, 0.2) is 64.9 Å². The molecular formula is C24H25N5O5. The van der Waals surface area contributed by atoms with Crippen LogP contribution in [0.4, 0.5) is 4.79 Å². The highest BCUT2D eigenvalue weighted by Crippen LogP contribution is 2.28. The predicted octanol–water partition coefficient (Wildman–Crippen LogP) is 0.883. The molecule has 2 fully saturated rings. The molecular weight excluding hydrogens is 438 g/mol. The van der Waals surface area contributed by atoms with E-state index in [2.05, 4.69) is 5.32 Å². The van der Waals surface area contributed by atoms with E-state index in [4.69, 9.17) is 4.42 Å². The second kappa shape index (κ2) is 8.69. The molecule has 10 nitrogen and oxygen atoms in total. The zero-order valence-electron chi connectivity index (χ0n) is 18.7. The van der Waals surface area contributed by atoms with Crippen LogP contribution in [0.3, 0.4) is 0 Å². The smallest absolute Gasteiger partial charge is 0.325 e. The molecule has 3 aliphatic rings. The minimum atomic E-state index is -0.715. The van der Waals surface area contributed by atoms with Crippen LogP contribution in [0.2, 0.25) is 0 Å². The minimum Gasteiger partial charge on any atom is -0.459 e. The fourth-order valence-corrected chi connectivity index (χ4v) is 4.68. The van der Waals surface area contributed by atoms with E-state index in [1.54, 1.807) is 40.1 Å². The zero-order valence-corrected chi connectivity index (χ0v) is 18.7. The number of hydrogen-bond acceptors (Lipinski definition) is 6. The summed E-state index contributed by atoms with van der Waals surface area (Å²) >= 11 is 0. The quantitative estimate of drug-likeness (QED) is 0.722. The van der Waals surface area contributed by atoms with Gasteiger partial charge >= 0.3 is 6.03 Å². The molecule has 176 valence electrons. The van der Waals surface area contributed by atoms with Gasteiger partial charge in [-0.2, -0.15) is 0 Å². The molecule has 2 unspecified atom stereocenters. The van der Waals surface area contributed by atoms with Crippen molar-refractivity contribution in [1.29, 1.82) is 0 Å². The second-order valence-electron chi connectivity index (χ2n) is 8.59. The molecule has 2 saturated heterocycles. The van der Waals surface area contributed by atoms with Crippen LogP contribution in [0.5, 0.6) is 0 Å². The van der Waals surface area contributed by atoms with Gasteiger partial charge in [-0.1, -0.05) is 30.3 Å². The highest BCUT2D eigenvalue weighted by Gasteiger charge is 2.50. The number of nitrogens with zero attached hydrogens (tertiary/aromatic N) is 4. The van der Waals surface area contributed by atoms with Gasteiger partial charge in [-0.25, -0.2) is 4.79 Å². The topological polar surface area (TPSA) is 106 Å². The standard InChI is InChI=1S/C24H25N5O5/c1-26-15-17(21(30)27-9-11-28(12-10-27)22(31)18-8-5-13-34-18)19-20(26)23(32)29(24(33)25-19)14-16-6-3-2-4-7-16/h2-8,13,15,19-20H,9-12,14H2,1H3,(H,25,33). The molecule has 5 rings (SSSR count). The Labute approximate surface area is 196 Å². The van der Waals surface area contributed by atoms with Crippen molar-refractivity contribution in [2.45, 2.75) is 18.6 Å². The van der Waals surface area contributed by atoms with E-state index in [9.17, 15) is 19.2 Å². The molecule has 2 atom stereocenters. The van der Waals surface area contributed by atoms with E-state index < -0.39 is 18.1 Å². The van der Waals surface area contributed by atoms with Gasteiger partial charge in [0.25, 0.3) is 17.7 Å². The lowest BCUT2D eigenvalue weighted by atomic mass is 9.98. The highest BCUT2D eigenvalue weighted by molar-refractivity contribution is 6.05. The summed E-state index contributed by atoms with van der Waals surface area (Å²) < 4.78 is 5.18. The lowest BCUT2D eigenvalue weighted by Gasteiger charge is -2.38. The van der Waals surface area contributed by atoms with Crippen molar-refractivity contribution in [1.82, 2.24) is 24.9 Å². The summed E-state index contributed by atoms with van der Waals surface area (Å²) in [5.41, 5.74) is 1.22. The summed E-state index contributed by atoms with van der Waals surface area (Å²) in [7, 11) is 1.73. The molecule has 34 heavy (non-hydrogen) atoms. The molecule has 0 radical (unpaired) electrons. The maximum Gasteiger partial charge on any atom is 0.325 e. The number of furan rings is 1. The Morgan fingerprint density at radius 3 is 2.29 bits per heavy atom. The van der Waals surface area contributed by atoms with Crippen LogP contribution >= 0.6 is 0 Å². The number of imide groups is 1. The van der Waals surface area contributed by atoms with E-state index in [0.717, 1.165) is 5.56 Å². The maximum atomic E-state index is 13.3. The Morgan fingerprint density at radius 2 is 1.65 bits per heavy atom. The summed E-state index contributed by atoms with van der Waals surface area (Å²) in [4.78, 5) is 58.0. The van der Waals surface area contributed by atoms with Crippen molar-refractivity contribution in [2.24, 2.45) is 0 Å². The van der Waals surface area contributed by atoms with Crippen LogP contribution in [-0.2, 0) is 16.1 Å². The second-order valence-corrected chi connectivity index (χ2v) is 8.59. The van der Waals surface area contributed by atoms with Crippen molar-refractivity contribution >= 4 is 23.8 Å². The van der Waals surface area contributed by atoms with Gasteiger partial charge in [0.15, 0.2) is 5.76 Å². The molecule has 0 bridgehead atoms. The molecule has 1 N–H and O–H groups in total. The van der Waals surface area contributed by atoms with Gasteiger partial charge in [-0.05, 0) is 17.7 Å². The number of carbonyl (C=O) groups excluding carboxylic acids is 4. The predicted molar refractivity (Wildman–Crippen MR) is 120 cm³/mol. The molecule has 2 aromatic rings. The van der Waals surface area contributed by atoms with E-state index in [-0.39, 0.29) is 30.0 Å². The molecule has 3 aliphatic heterocycles. The minimum absolute atomic E-state index is 0.164. The third-order valence-corrected chi connectivity index (χ3v) is 6.49.